The van der Waals surface area contributed by atoms with Crippen LogP contribution in [0.4, 0.5) is 0 Å². The molecule has 2 aliphatic heterocycles. The first kappa shape index (κ1) is 21.1. The maximum absolute atomic E-state index is 12.7. The van der Waals surface area contributed by atoms with Gasteiger partial charge in [-0.3, -0.25) is 9.69 Å². The monoisotopic (exact) mass is 410 g/mol. The number of aryl methyl sites for hydroxylation is 2. The van der Waals surface area contributed by atoms with Crippen molar-refractivity contribution in [2.75, 3.05) is 39.3 Å². The van der Waals surface area contributed by atoms with Crippen LogP contribution in [0.3, 0.4) is 0 Å². The smallest absolute Gasteiger partial charge is 0.226 e. The van der Waals surface area contributed by atoms with E-state index in [-0.39, 0.29) is 11.8 Å². The lowest BCUT2D eigenvalue weighted by atomic mass is 9.97. The van der Waals surface area contributed by atoms with Crippen LogP contribution >= 0.6 is 0 Å². The second-order valence-electron chi connectivity index (χ2n) is 8.75. The molecule has 0 aliphatic carbocycles. The van der Waals surface area contributed by atoms with E-state index in [4.69, 9.17) is 9.40 Å². The molecule has 6 heteroatoms. The number of aromatic nitrogens is 1. The van der Waals surface area contributed by atoms with Crippen LogP contribution in [0.25, 0.3) is 11.5 Å². The molecule has 3 heterocycles. The van der Waals surface area contributed by atoms with Crippen molar-refractivity contribution in [3.05, 3.63) is 41.3 Å². The Labute approximate surface area is 179 Å². The summed E-state index contributed by atoms with van der Waals surface area (Å²) in [5.41, 5.74) is 3.18. The molecule has 1 amide bonds. The standard InChI is InChI=1S/C24H34N4O2/c1-18-8-3-4-10-21(18)24-26-22(19(2)30-24)17-28-14-7-9-20(16-28)23(29)25-11-15-27-12-5-6-13-27/h3-4,8,10,20H,5-7,9,11-17H2,1-2H3,(H,25,29). The van der Waals surface area contributed by atoms with Crippen molar-refractivity contribution >= 4 is 5.91 Å². The molecule has 1 unspecified atom stereocenters. The summed E-state index contributed by atoms with van der Waals surface area (Å²) in [5, 5.41) is 3.17. The SMILES string of the molecule is Cc1ccccc1-c1nc(CN2CCCC(C(=O)NCCN3CCCC3)C2)c(C)o1. The van der Waals surface area contributed by atoms with Crippen molar-refractivity contribution in [1.29, 1.82) is 0 Å². The minimum absolute atomic E-state index is 0.0698. The number of amides is 1. The Balaban J connectivity index is 1.31. The summed E-state index contributed by atoms with van der Waals surface area (Å²) < 4.78 is 5.98. The van der Waals surface area contributed by atoms with Gasteiger partial charge < -0.3 is 14.6 Å². The van der Waals surface area contributed by atoms with Gasteiger partial charge in [0.25, 0.3) is 0 Å². The lowest BCUT2D eigenvalue weighted by Crippen LogP contribution is -2.44. The van der Waals surface area contributed by atoms with Gasteiger partial charge in [-0.25, -0.2) is 4.98 Å². The van der Waals surface area contributed by atoms with E-state index < -0.39 is 0 Å². The van der Waals surface area contributed by atoms with E-state index in [1.807, 2.05) is 25.1 Å². The summed E-state index contributed by atoms with van der Waals surface area (Å²) in [7, 11) is 0. The van der Waals surface area contributed by atoms with Gasteiger partial charge in [-0.05, 0) is 70.8 Å². The largest absolute Gasteiger partial charge is 0.441 e. The molecule has 2 fully saturated rings. The van der Waals surface area contributed by atoms with E-state index >= 15 is 0 Å². The Kier molecular flexibility index (Phi) is 6.85. The molecule has 162 valence electrons. The van der Waals surface area contributed by atoms with E-state index in [2.05, 4.69) is 28.1 Å². The molecular weight excluding hydrogens is 376 g/mol. The highest BCUT2D eigenvalue weighted by molar-refractivity contribution is 5.78. The molecule has 2 aliphatic rings. The molecule has 2 aromatic rings. The Hall–Kier alpha value is -2.18. The summed E-state index contributed by atoms with van der Waals surface area (Å²) >= 11 is 0. The summed E-state index contributed by atoms with van der Waals surface area (Å²) in [6, 6.07) is 8.17. The van der Waals surface area contributed by atoms with E-state index in [1.54, 1.807) is 0 Å². The van der Waals surface area contributed by atoms with Gasteiger partial charge in [-0.15, -0.1) is 0 Å². The summed E-state index contributed by atoms with van der Waals surface area (Å²) in [4.78, 5) is 22.2. The fourth-order valence-corrected chi connectivity index (χ4v) is 4.62. The zero-order chi connectivity index (χ0) is 20.9. The number of carbonyl (C=O) groups excluding carboxylic acids is 1. The second-order valence-corrected chi connectivity index (χ2v) is 8.75. The highest BCUT2D eigenvalue weighted by Gasteiger charge is 2.27. The molecule has 30 heavy (non-hydrogen) atoms. The van der Waals surface area contributed by atoms with E-state index in [9.17, 15) is 4.79 Å². The van der Waals surface area contributed by atoms with Gasteiger partial charge in [0.1, 0.15) is 5.76 Å². The number of carbonyl (C=O) groups is 1. The van der Waals surface area contributed by atoms with Crippen LogP contribution in [0, 0.1) is 19.8 Å². The van der Waals surface area contributed by atoms with E-state index in [1.165, 1.54) is 25.9 Å². The van der Waals surface area contributed by atoms with Gasteiger partial charge in [0.2, 0.25) is 11.8 Å². The highest BCUT2D eigenvalue weighted by atomic mass is 16.4. The Morgan fingerprint density at radius 1 is 1.13 bits per heavy atom. The molecule has 2 saturated heterocycles. The topological polar surface area (TPSA) is 61.6 Å². The lowest BCUT2D eigenvalue weighted by Gasteiger charge is -2.31. The lowest BCUT2D eigenvalue weighted by molar-refractivity contribution is -0.126. The number of rotatable bonds is 7. The third-order valence-electron chi connectivity index (χ3n) is 6.44. The van der Waals surface area contributed by atoms with Crippen LogP contribution in [0.2, 0.25) is 0 Å². The zero-order valence-electron chi connectivity index (χ0n) is 18.3. The van der Waals surface area contributed by atoms with Crippen molar-refractivity contribution in [2.45, 2.75) is 46.1 Å². The molecule has 1 N–H and O–H groups in total. The van der Waals surface area contributed by atoms with Gasteiger partial charge in [-0.2, -0.15) is 0 Å². The van der Waals surface area contributed by atoms with E-state index in [0.29, 0.717) is 5.89 Å². The van der Waals surface area contributed by atoms with Crippen LogP contribution in [-0.4, -0.2) is 60.0 Å². The number of benzene rings is 1. The molecule has 6 nitrogen and oxygen atoms in total. The number of nitrogens with one attached hydrogen (secondary N) is 1. The number of hydrogen-bond acceptors (Lipinski definition) is 5. The Morgan fingerprint density at radius 3 is 2.70 bits per heavy atom. The first-order valence-electron chi connectivity index (χ1n) is 11.3. The first-order valence-corrected chi connectivity index (χ1v) is 11.3. The Bertz CT molecular complexity index is 857. The molecule has 0 spiro atoms. The minimum Gasteiger partial charge on any atom is -0.441 e. The number of oxazole rings is 1. The molecule has 0 bridgehead atoms. The van der Waals surface area contributed by atoms with E-state index in [0.717, 1.165) is 68.1 Å². The third kappa shape index (κ3) is 5.10. The molecule has 1 aromatic carbocycles. The molecule has 4 rings (SSSR count). The Morgan fingerprint density at radius 2 is 1.90 bits per heavy atom. The first-order chi connectivity index (χ1) is 14.6. The molecule has 0 saturated carbocycles. The van der Waals surface area contributed by atoms with Gasteiger partial charge in [0.15, 0.2) is 0 Å². The maximum atomic E-state index is 12.7. The molecule has 1 aromatic heterocycles. The number of piperidine rings is 1. The zero-order valence-corrected chi connectivity index (χ0v) is 18.3. The molecule has 0 radical (unpaired) electrons. The van der Waals surface area contributed by atoms with Crippen LogP contribution in [0.5, 0.6) is 0 Å². The normalized spacial score (nSPS) is 20.5. The summed E-state index contributed by atoms with van der Waals surface area (Å²) in [5.74, 6) is 1.83. The van der Waals surface area contributed by atoms with Crippen LogP contribution in [0.15, 0.2) is 28.7 Å². The van der Waals surface area contributed by atoms with Crippen molar-refractivity contribution in [3.63, 3.8) is 0 Å². The number of likely N-dealkylation sites (tertiary alicyclic amines) is 2. The van der Waals surface area contributed by atoms with Gasteiger partial charge >= 0.3 is 0 Å². The average molecular weight is 411 g/mol. The van der Waals surface area contributed by atoms with Crippen molar-refractivity contribution in [1.82, 2.24) is 20.1 Å². The summed E-state index contributed by atoms with van der Waals surface area (Å²) in [6.45, 7) is 10.7. The van der Waals surface area contributed by atoms with Crippen molar-refractivity contribution < 1.29 is 9.21 Å². The highest BCUT2D eigenvalue weighted by Crippen LogP contribution is 2.26. The average Bonchev–Trinajstić information content (AvgIpc) is 3.39. The quantitative estimate of drug-likeness (QED) is 0.758. The van der Waals surface area contributed by atoms with Crippen LogP contribution in [0.1, 0.15) is 42.7 Å². The van der Waals surface area contributed by atoms with Crippen LogP contribution < -0.4 is 5.32 Å². The minimum atomic E-state index is 0.0698. The van der Waals surface area contributed by atoms with Crippen LogP contribution in [-0.2, 0) is 11.3 Å². The number of nitrogens with zero attached hydrogens (tertiary/aromatic N) is 3. The van der Waals surface area contributed by atoms with Gasteiger partial charge in [0.05, 0.1) is 11.6 Å². The fraction of sp³-hybridized carbons (Fsp3) is 0.583. The number of hydrogen-bond donors (Lipinski definition) is 1. The fourth-order valence-electron chi connectivity index (χ4n) is 4.62. The predicted molar refractivity (Wildman–Crippen MR) is 118 cm³/mol. The molecular formula is C24H34N4O2. The van der Waals surface area contributed by atoms with Gasteiger partial charge in [-0.1, -0.05) is 18.2 Å². The third-order valence-corrected chi connectivity index (χ3v) is 6.44. The van der Waals surface area contributed by atoms with Crippen molar-refractivity contribution in [2.24, 2.45) is 5.92 Å². The molecule has 1 atom stereocenters. The second kappa shape index (κ2) is 9.75. The summed E-state index contributed by atoms with van der Waals surface area (Å²) in [6.07, 6.45) is 4.60. The predicted octanol–water partition coefficient (Wildman–Crippen LogP) is 3.38. The maximum Gasteiger partial charge on any atom is 0.226 e. The van der Waals surface area contributed by atoms with Gasteiger partial charge in [0, 0.05) is 31.7 Å². The van der Waals surface area contributed by atoms with Crippen molar-refractivity contribution in [3.8, 4) is 11.5 Å².